The van der Waals surface area contributed by atoms with Crippen molar-refractivity contribution in [3.05, 3.63) is 250 Å². The summed E-state index contributed by atoms with van der Waals surface area (Å²) in [6.07, 6.45) is 0. The zero-order valence-corrected chi connectivity index (χ0v) is 71.5. The van der Waals surface area contributed by atoms with E-state index in [2.05, 4.69) is 305 Å². The summed E-state index contributed by atoms with van der Waals surface area (Å²) >= 11 is 0. The molecule has 0 spiro atoms. The number of aryl methyl sites for hydroxylation is 4. The van der Waals surface area contributed by atoms with Gasteiger partial charge in [0.1, 0.15) is 23.9 Å². The van der Waals surface area contributed by atoms with Crippen LogP contribution < -0.4 is 9.47 Å². The van der Waals surface area contributed by atoms with Gasteiger partial charge in [0, 0.05) is 0 Å². The molecule has 2 nitrogen and oxygen atoms in total. The first-order valence-electron chi connectivity index (χ1n) is 36.8. The number of rotatable bonds is 6. The Labute approximate surface area is 606 Å². The molecule has 0 amide bonds. The summed E-state index contributed by atoms with van der Waals surface area (Å²) in [5.74, 6) is 3.11. The van der Waals surface area contributed by atoms with Crippen LogP contribution in [0, 0.1) is 305 Å². The molecular weight excluding hydrogens is 1200 g/mol. The standard InChI is InChI=1S/C23H32O.C22H30O.C22H30.C18H24.C12H18/c1-12-14(3)18(7)22(19(8)15(12)4)11-24-23-20(9)16(5)13(2)17(6)21(23)10;1-11-13(3)17(7)21(18(8)14(11)4)23-22-19(9)15(5)12(2)16(6)20(22)10;1-11-13(3)17(7)21(18(8)14(11)4)22-19(9)15(5)12(2)16(6)20(22)10;1-9-10(2)14(6)18-16(8)12(4)11(3)15(7)17(18)13(9)5;1-7-8(2)10(4)12(6)11(5)9(7)3/h11H2,1-10H3;1-10H3;1-10H3;1-8H3;1-6H3. The van der Waals surface area contributed by atoms with E-state index in [-0.39, 0.29) is 0 Å². The quantitative estimate of drug-likeness (QED) is 0.165. The number of hydrogen-bond donors (Lipinski definition) is 0. The van der Waals surface area contributed by atoms with Crippen LogP contribution in [0.5, 0.6) is 17.2 Å². The molecule has 0 atom stereocenters. The highest BCUT2D eigenvalue weighted by Crippen LogP contribution is 2.44. The summed E-state index contributed by atoms with van der Waals surface area (Å²) in [6, 6.07) is 0. The molecule has 0 unspecified atom stereocenters. The Balaban J connectivity index is 0.000000227. The summed E-state index contributed by atoms with van der Waals surface area (Å²) in [6.45, 7) is 98.6. The topological polar surface area (TPSA) is 18.5 Å². The van der Waals surface area contributed by atoms with Gasteiger partial charge in [-0.15, -0.1) is 0 Å². The summed E-state index contributed by atoms with van der Waals surface area (Å²) in [7, 11) is 0. The first-order valence-corrected chi connectivity index (χ1v) is 36.8. The van der Waals surface area contributed by atoms with E-state index in [9.17, 15) is 0 Å². The van der Waals surface area contributed by atoms with Crippen LogP contribution >= 0.6 is 0 Å². The number of fused-ring (bicyclic) bond motifs is 1. The normalized spacial score (nSPS) is 11.1. The molecule has 0 aromatic heterocycles. The van der Waals surface area contributed by atoms with E-state index in [4.69, 9.17) is 9.47 Å². The number of hydrogen-bond acceptors (Lipinski definition) is 2. The lowest BCUT2D eigenvalue weighted by molar-refractivity contribution is 0.299. The van der Waals surface area contributed by atoms with E-state index in [1.54, 1.807) is 0 Å². The summed E-state index contributed by atoms with van der Waals surface area (Å²) in [5.41, 5.74) is 65.6. The van der Waals surface area contributed by atoms with Crippen molar-refractivity contribution in [3.63, 3.8) is 0 Å². The lowest BCUT2D eigenvalue weighted by Gasteiger charge is -2.25. The van der Waals surface area contributed by atoms with Crippen molar-refractivity contribution in [2.45, 2.75) is 311 Å². The fourth-order valence-corrected chi connectivity index (χ4v) is 15.6. The maximum Gasteiger partial charge on any atom is 0.133 e. The average Bonchev–Trinajstić information content (AvgIpc) is 0.754. The second-order valence-corrected chi connectivity index (χ2v) is 30.9. The predicted molar refractivity (Wildman–Crippen MR) is 441 cm³/mol. The summed E-state index contributed by atoms with van der Waals surface area (Å²) in [4.78, 5) is 0. The average molecular weight is 1330 g/mol. The molecule has 0 radical (unpaired) electrons. The molecule has 0 saturated carbocycles. The first-order chi connectivity index (χ1) is 45.5. The minimum absolute atomic E-state index is 0.642. The van der Waals surface area contributed by atoms with Gasteiger partial charge in [-0.1, -0.05) is 0 Å². The van der Waals surface area contributed by atoms with Gasteiger partial charge in [-0.05, 0) is 577 Å². The lowest BCUT2D eigenvalue weighted by Crippen LogP contribution is -2.08. The molecular formula is C97H134O2. The minimum atomic E-state index is 0.642. The number of ether oxygens (including phenoxy) is 2. The Morgan fingerprint density at radius 1 is 0.131 bits per heavy atom. The van der Waals surface area contributed by atoms with Crippen LogP contribution in [0.4, 0.5) is 0 Å². The Hall–Kier alpha value is -7.16. The van der Waals surface area contributed by atoms with Crippen LogP contribution in [0.2, 0.25) is 0 Å². The molecule has 0 saturated heterocycles. The molecule has 9 aromatic carbocycles. The summed E-state index contributed by atoms with van der Waals surface area (Å²) < 4.78 is 12.9. The van der Waals surface area contributed by atoms with Gasteiger partial charge < -0.3 is 9.47 Å². The molecule has 2 heteroatoms. The van der Waals surface area contributed by atoms with E-state index in [1.807, 2.05) is 0 Å². The highest BCUT2D eigenvalue weighted by atomic mass is 16.5. The van der Waals surface area contributed by atoms with E-state index in [0.29, 0.717) is 6.61 Å². The second kappa shape index (κ2) is 31.8. The van der Waals surface area contributed by atoms with Crippen LogP contribution in [0.1, 0.15) is 250 Å². The van der Waals surface area contributed by atoms with E-state index in [0.717, 1.165) is 17.2 Å². The van der Waals surface area contributed by atoms with Crippen LogP contribution in [-0.4, -0.2) is 0 Å². The highest BCUT2D eigenvalue weighted by Gasteiger charge is 2.24. The van der Waals surface area contributed by atoms with E-state index < -0.39 is 0 Å². The molecule has 9 aromatic rings. The molecule has 0 aliphatic rings. The SMILES string of the molecule is Cc1c(C)c(C)c(-c2c(C)c(C)c(C)c(C)c2C)c(C)c1C.Cc1c(C)c(C)c(C)c(C)c1C.Cc1c(C)c(C)c(COc2c(C)c(C)c(C)c(C)c2C)c(C)c1C.Cc1c(C)c(C)c(Oc2c(C)c(C)c(C)c(C)c2C)c(C)c1C.Cc1c(C)c(C)c2c(C)c(C)c(C)c(C)c2c1C. The van der Waals surface area contributed by atoms with Gasteiger partial charge >= 0.3 is 0 Å². The van der Waals surface area contributed by atoms with Gasteiger partial charge in [0.05, 0.1) is 0 Å². The smallest absolute Gasteiger partial charge is 0.133 e. The Kier molecular flexibility index (Phi) is 26.5. The van der Waals surface area contributed by atoms with Gasteiger partial charge in [0.2, 0.25) is 0 Å². The maximum absolute atomic E-state index is 6.53. The molecule has 0 heterocycles. The van der Waals surface area contributed by atoms with Crippen molar-refractivity contribution in [1.29, 1.82) is 0 Å². The van der Waals surface area contributed by atoms with Gasteiger partial charge in [0.25, 0.3) is 0 Å². The fraction of sp³-hybridized carbons (Fsp3) is 0.464. The molecule has 99 heavy (non-hydrogen) atoms. The van der Waals surface area contributed by atoms with Gasteiger partial charge in [-0.2, -0.15) is 0 Å². The Morgan fingerprint density at radius 2 is 0.263 bits per heavy atom. The van der Waals surface area contributed by atoms with Gasteiger partial charge in [-0.25, -0.2) is 0 Å². The fourth-order valence-electron chi connectivity index (χ4n) is 15.6. The molecule has 0 N–H and O–H groups in total. The third-order valence-electron chi connectivity index (χ3n) is 27.3. The van der Waals surface area contributed by atoms with Crippen LogP contribution in [0.3, 0.4) is 0 Å². The van der Waals surface area contributed by atoms with Crippen molar-refractivity contribution in [2.75, 3.05) is 0 Å². The molecule has 0 aliphatic heterocycles. The monoisotopic (exact) mass is 1330 g/mol. The predicted octanol–water partition coefficient (Wildman–Crippen LogP) is 28.2. The minimum Gasteiger partial charge on any atom is -0.488 e. The Morgan fingerprint density at radius 3 is 0.444 bits per heavy atom. The molecule has 9 rings (SSSR count). The largest absolute Gasteiger partial charge is 0.488 e. The molecule has 0 aliphatic carbocycles. The van der Waals surface area contributed by atoms with E-state index >= 15 is 0 Å². The van der Waals surface area contributed by atoms with Gasteiger partial charge in [-0.3, -0.25) is 0 Å². The van der Waals surface area contributed by atoms with Crippen molar-refractivity contribution < 1.29 is 9.47 Å². The van der Waals surface area contributed by atoms with Crippen LogP contribution in [-0.2, 0) is 6.61 Å². The van der Waals surface area contributed by atoms with Crippen molar-refractivity contribution >= 4 is 10.8 Å². The van der Waals surface area contributed by atoms with Crippen LogP contribution in [0.15, 0.2) is 0 Å². The summed E-state index contributed by atoms with van der Waals surface area (Å²) in [5, 5.41) is 2.97. The second-order valence-electron chi connectivity index (χ2n) is 30.9. The molecule has 534 valence electrons. The zero-order valence-electron chi connectivity index (χ0n) is 71.5. The van der Waals surface area contributed by atoms with Gasteiger partial charge in [0.15, 0.2) is 0 Å². The lowest BCUT2D eigenvalue weighted by atomic mass is 9.80. The molecule has 0 fully saturated rings. The first kappa shape index (κ1) is 82.5. The molecule has 0 bridgehead atoms. The van der Waals surface area contributed by atoms with Crippen LogP contribution in [0.25, 0.3) is 21.9 Å². The van der Waals surface area contributed by atoms with Crippen molar-refractivity contribution in [1.82, 2.24) is 0 Å². The number of benzene rings is 9. The Bertz CT molecular complexity index is 4120. The zero-order chi connectivity index (χ0) is 76.1. The van der Waals surface area contributed by atoms with Crippen molar-refractivity contribution in [2.24, 2.45) is 0 Å². The third-order valence-corrected chi connectivity index (χ3v) is 27.3. The highest BCUT2D eigenvalue weighted by molar-refractivity contribution is 5.97. The maximum atomic E-state index is 6.53. The van der Waals surface area contributed by atoms with E-state index in [1.165, 1.54) is 272 Å². The van der Waals surface area contributed by atoms with Crippen molar-refractivity contribution in [3.8, 4) is 28.4 Å². The third kappa shape index (κ3) is 15.1.